The van der Waals surface area contributed by atoms with Crippen LogP contribution in [0, 0.1) is 5.92 Å². The number of halogens is 1. The molecule has 14 nitrogen and oxygen atoms in total. The van der Waals surface area contributed by atoms with Crippen LogP contribution >= 0.6 is 15.9 Å². The molecule has 42 heavy (non-hydrogen) atoms. The number of esters is 1. The van der Waals surface area contributed by atoms with Crippen molar-refractivity contribution in [1.82, 2.24) is 10.0 Å². The molecule has 2 fully saturated rings. The van der Waals surface area contributed by atoms with Gasteiger partial charge >= 0.3 is 22.4 Å². The molecule has 1 aromatic rings. The Morgan fingerprint density at radius 2 is 1.74 bits per heavy atom. The van der Waals surface area contributed by atoms with E-state index in [1.54, 1.807) is 40.7 Å². The third-order valence-electron chi connectivity index (χ3n) is 5.98. The van der Waals surface area contributed by atoms with Gasteiger partial charge < -0.3 is 33.4 Å². The van der Waals surface area contributed by atoms with E-state index in [1.165, 1.54) is 6.07 Å². The zero-order chi connectivity index (χ0) is 31.5. The molecule has 2 amide bonds. The lowest BCUT2D eigenvalue weighted by molar-refractivity contribution is -0.190. The number of fused-ring (bicyclic) bond motifs is 1. The molecule has 2 aliphatic rings. The Morgan fingerprint density at radius 3 is 2.31 bits per heavy atom. The second-order valence-corrected chi connectivity index (χ2v) is 14.0. The van der Waals surface area contributed by atoms with Crippen LogP contribution in [0.25, 0.3) is 0 Å². The van der Waals surface area contributed by atoms with E-state index in [4.69, 9.17) is 32.3 Å². The van der Waals surface area contributed by atoms with Gasteiger partial charge in [0.2, 0.25) is 5.76 Å². The third-order valence-corrected chi connectivity index (χ3v) is 7.31. The zero-order valence-electron chi connectivity index (χ0n) is 24.6. The van der Waals surface area contributed by atoms with Gasteiger partial charge in [-0.25, -0.2) is 14.3 Å². The molecule has 0 radical (unpaired) electrons. The van der Waals surface area contributed by atoms with Gasteiger partial charge in [-0.3, -0.25) is 8.98 Å². The smallest absolute Gasteiger partial charge is 0.408 e. The average Bonchev–Trinajstić information content (AvgIpc) is 3.48. The molecular weight excluding hydrogens is 644 g/mol. The summed E-state index contributed by atoms with van der Waals surface area (Å²) in [6.45, 7) is 11.5. The van der Waals surface area contributed by atoms with E-state index >= 15 is 0 Å². The SMILES string of the molecule is CC(C)CC(NC(=O)OC(C)(C)C)C(=O)NS(=O)(=O)OCC1OC(CCOC(=O)c2ccc(Br)o2)C2OC(C)(C)OC12. The number of carbonyl (C=O) groups is 3. The van der Waals surface area contributed by atoms with Crippen LogP contribution in [0.1, 0.15) is 71.9 Å². The number of furan rings is 1. The summed E-state index contributed by atoms with van der Waals surface area (Å²) in [5.41, 5.74) is -0.811. The summed E-state index contributed by atoms with van der Waals surface area (Å²) in [7, 11) is -4.60. The largest absolute Gasteiger partial charge is 0.460 e. The first kappa shape index (κ1) is 34.3. The molecule has 0 aliphatic carbocycles. The van der Waals surface area contributed by atoms with Crippen LogP contribution in [0.3, 0.4) is 0 Å². The molecule has 0 bridgehead atoms. The van der Waals surface area contributed by atoms with Crippen molar-refractivity contribution in [3.63, 3.8) is 0 Å². The zero-order valence-corrected chi connectivity index (χ0v) is 27.0. The van der Waals surface area contributed by atoms with Crippen LogP contribution in [-0.2, 0) is 43.0 Å². The summed E-state index contributed by atoms with van der Waals surface area (Å²) in [5.74, 6) is -2.63. The standard InChI is InChI=1S/C26H39BrN2O12S/c1-14(2)12-15(28-24(32)41-25(3,4)5)22(30)29-42(33,34)36-13-18-21-20(39-26(6,7)40-21)16(37-18)10-11-35-23(31)17-8-9-19(27)38-17/h8-9,14-16,18,20-21H,10-13H2,1-7H3,(H,28,32)(H,29,30). The van der Waals surface area contributed by atoms with E-state index in [0.29, 0.717) is 4.67 Å². The summed E-state index contributed by atoms with van der Waals surface area (Å²) in [5, 5.41) is 2.41. The molecule has 1 aromatic heterocycles. The van der Waals surface area contributed by atoms with E-state index < -0.39 is 76.7 Å². The lowest BCUT2D eigenvalue weighted by Gasteiger charge is -2.25. The van der Waals surface area contributed by atoms with Gasteiger partial charge in [0, 0.05) is 6.42 Å². The number of hydrogen-bond acceptors (Lipinski definition) is 12. The quantitative estimate of drug-likeness (QED) is 0.308. The number of alkyl carbamates (subject to hydrolysis) is 1. The van der Waals surface area contributed by atoms with Crippen LogP contribution in [0.15, 0.2) is 21.2 Å². The maximum atomic E-state index is 12.8. The average molecular weight is 684 g/mol. The first-order chi connectivity index (χ1) is 19.3. The number of nitrogens with one attached hydrogen (secondary N) is 2. The molecule has 5 unspecified atom stereocenters. The van der Waals surface area contributed by atoms with Crippen LogP contribution in [0.4, 0.5) is 4.79 Å². The van der Waals surface area contributed by atoms with E-state index in [-0.39, 0.29) is 31.1 Å². The van der Waals surface area contributed by atoms with E-state index in [1.807, 2.05) is 18.6 Å². The highest BCUT2D eigenvalue weighted by Gasteiger charge is 2.55. The monoisotopic (exact) mass is 682 g/mol. The predicted molar refractivity (Wildman–Crippen MR) is 149 cm³/mol. The minimum atomic E-state index is -4.60. The van der Waals surface area contributed by atoms with Crippen molar-refractivity contribution in [2.45, 2.75) is 103 Å². The highest BCUT2D eigenvalue weighted by molar-refractivity contribution is 9.10. The second-order valence-electron chi connectivity index (χ2n) is 11.8. The number of ether oxygens (including phenoxy) is 5. The summed E-state index contributed by atoms with van der Waals surface area (Å²) in [6, 6.07) is 1.85. The van der Waals surface area contributed by atoms with Gasteiger partial charge in [0.05, 0.1) is 19.3 Å². The van der Waals surface area contributed by atoms with Crippen LogP contribution in [0.5, 0.6) is 0 Å². The van der Waals surface area contributed by atoms with E-state index in [9.17, 15) is 22.8 Å². The molecule has 5 atom stereocenters. The molecule has 0 aromatic carbocycles. The second kappa shape index (κ2) is 13.6. The molecule has 2 saturated heterocycles. The topological polar surface area (TPSA) is 178 Å². The molecule has 3 rings (SSSR count). The minimum Gasteiger partial charge on any atom is -0.460 e. The van der Waals surface area contributed by atoms with Crippen LogP contribution < -0.4 is 10.0 Å². The number of amides is 2. The Kier molecular flexibility index (Phi) is 11.1. The Bertz CT molecular complexity index is 1230. The van der Waals surface area contributed by atoms with Crippen LogP contribution in [0.2, 0.25) is 0 Å². The first-order valence-corrected chi connectivity index (χ1v) is 15.7. The van der Waals surface area contributed by atoms with Gasteiger partial charge in [0.25, 0.3) is 5.91 Å². The predicted octanol–water partition coefficient (Wildman–Crippen LogP) is 3.19. The lowest BCUT2D eigenvalue weighted by atomic mass is 10.0. The molecule has 2 N–H and O–H groups in total. The molecule has 2 aliphatic heterocycles. The Balaban J connectivity index is 1.57. The van der Waals surface area contributed by atoms with Gasteiger partial charge in [-0.1, -0.05) is 13.8 Å². The summed E-state index contributed by atoms with van der Waals surface area (Å²) < 4.78 is 66.2. The van der Waals surface area contributed by atoms with Gasteiger partial charge in [-0.05, 0) is 75.0 Å². The Hall–Kier alpha value is -2.24. The summed E-state index contributed by atoms with van der Waals surface area (Å²) in [6.07, 6.45) is -3.24. The highest BCUT2D eigenvalue weighted by Crippen LogP contribution is 2.40. The van der Waals surface area contributed by atoms with Crippen molar-refractivity contribution in [1.29, 1.82) is 0 Å². The molecule has 0 saturated carbocycles. The van der Waals surface area contributed by atoms with E-state index in [0.717, 1.165) is 0 Å². The fraction of sp³-hybridized carbons (Fsp3) is 0.731. The van der Waals surface area contributed by atoms with Gasteiger partial charge in [-0.15, -0.1) is 0 Å². The van der Waals surface area contributed by atoms with Crippen molar-refractivity contribution < 1.29 is 55.1 Å². The van der Waals surface area contributed by atoms with Crippen molar-refractivity contribution in [2.75, 3.05) is 13.2 Å². The molecule has 3 heterocycles. The van der Waals surface area contributed by atoms with Crippen molar-refractivity contribution in [3.8, 4) is 0 Å². The fourth-order valence-corrected chi connectivity index (χ4v) is 5.50. The maximum absolute atomic E-state index is 12.8. The number of rotatable bonds is 12. The maximum Gasteiger partial charge on any atom is 0.408 e. The summed E-state index contributed by atoms with van der Waals surface area (Å²) in [4.78, 5) is 37.2. The summed E-state index contributed by atoms with van der Waals surface area (Å²) >= 11 is 3.12. The van der Waals surface area contributed by atoms with Gasteiger partial charge in [0.15, 0.2) is 10.5 Å². The number of hydrogen-bond donors (Lipinski definition) is 2. The third kappa shape index (κ3) is 10.2. The first-order valence-electron chi connectivity index (χ1n) is 13.5. The molecule has 16 heteroatoms. The van der Waals surface area contributed by atoms with E-state index in [2.05, 4.69) is 21.2 Å². The molecule has 0 spiro atoms. The van der Waals surface area contributed by atoms with Crippen molar-refractivity contribution in [3.05, 3.63) is 22.6 Å². The van der Waals surface area contributed by atoms with Crippen molar-refractivity contribution in [2.24, 2.45) is 5.92 Å². The molecular formula is C26H39BrN2O12S. The Morgan fingerprint density at radius 1 is 1.10 bits per heavy atom. The highest BCUT2D eigenvalue weighted by atomic mass is 79.9. The number of carbonyl (C=O) groups excluding carboxylic acids is 3. The fourth-order valence-electron chi connectivity index (χ4n) is 4.43. The van der Waals surface area contributed by atoms with Gasteiger partial charge in [0.1, 0.15) is 30.0 Å². The normalized spacial score (nSPS) is 24.2. The molecule has 238 valence electrons. The van der Waals surface area contributed by atoms with Crippen LogP contribution in [-0.4, -0.2) is 81.4 Å². The van der Waals surface area contributed by atoms with Crippen molar-refractivity contribution >= 4 is 44.2 Å². The Labute approximate surface area is 253 Å². The van der Waals surface area contributed by atoms with Gasteiger partial charge in [-0.2, -0.15) is 8.42 Å². The lowest BCUT2D eigenvalue weighted by Crippen LogP contribution is -2.50. The minimum absolute atomic E-state index is 0.0291.